The lowest BCUT2D eigenvalue weighted by Crippen LogP contribution is -1.86. The molecule has 10 rings (SSSR count). The van der Waals surface area contributed by atoms with Crippen LogP contribution in [0.3, 0.4) is 0 Å². The van der Waals surface area contributed by atoms with Crippen molar-refractivity contribution in [3.63, 3.8) is 0 Å². The van der Waals surface area contributed by atoms with E-state index in [-0.39, 0.29) is 0 Å². The normalized spacial score (nSPS) is 11.7. The van der Waals surface area contributed by atoms with Gasteiger partial charge in [-0.2, -0.15) is 0 Å². The summed E-state index contributed by atoms with van der Waals surface area (Å²) in [6, 6.07) is 66.9. The highest BCUT2D eigenvalue weighted by Crippen LogP contribution is 2.48. The number of benzene rings is 9. The molecular formula is C48H30S. The van der Waals surface area contributed by atoms with Gasteiger partial charge in [-0.15, -0.1) is 11.3 Å². The summed E-state index contributed by atoms with van der Waals surface area (Å²) in [4.78, 5) is 0. The zero-order chi connectivity index (χ0) is 32.3. The van der Waals surface area contributed by atoms with Crippen LogP contribution < -0.4 is 0 Å². The van der Waals surface area contributed by atoms with Gasteiger partial charge in [0.05, 0.1) is 0 Å². The Morgan fingerprint density at radius 3 is 1.08 bits per heavy atom. The van der Waals surface area contributed by atoms with Crippen LogP contribution in [-0.4, -0.2) is 0 Å². The lowest BCUT2D eigenvalue weighted by molar-refractivity contribution is 1.63. The Hall–Kier alpha value is -6.02. The summed E-state index contributed by atoms with van der Waals surface area (Å²) in [7, 11) is 0. The van der Waals surface area contributed by atoms with E-state index < -0.39 is 0 Å². The molecule has 0 atom stereocenters. The van der Waals surface area contributed by atoms with Gasteiger partial charge in [0.2, 0.25) is 0 Å². The fraction of sp³-hybridized carbons (Fsp3) is 0. The fourth-order valence-electron chi connectivity index (χ4n) is 7.70. The molecule has 0 fully saturated rings. The maximum absolute atomic E-state index is 2.44. The first-order chi connectivity index (χ1) is 24.3. The Morgan fingerprint density at radius 2 is 0.592 bits per heavy atom. The molecule has 1 heteroatoms. The van der Waals surface area contributed by atoms with E-state index in [4.69, 9.17) is 0 Å². The average molecular weight is 639 g/mol. The second-order valence-corrected chi connectivity index (χ2v) is 13.9. The monoisotopic (exact) mass is 638 g/mol. The molecule has 228 valence electrons. The van der Waals surface area contributed by atoms with Gasteiger partial charge in [-0.1, -0.05) is 152 Å². The molecule has 0 spiro atoms. The van der Waals surface area contributed by atoms with Crippen LogP contribution in [0.2, 0.25) is 0 Å². The average Bonchev–Trinajstić information content (AvgIpc) is 3.57. The van der Waals surface area contributed by atoms with E-state index in [1.165, 1.54) is 97.0 Å². The van der Waals surface area contributed by atoms with Gasteiger partial charge < -0.3 is 0 Å². The maximum Gasteiger partial charge on any atom is 0.0434 e. The van der Waals surface area contributed by atoms with E-state index in [1.54, 1.807) is 0 Å². The summed E-state index contributed by atoms with van der Waals surface area (Å²) < 4.78 is 2.64. The van der Waals surface area contributed by atoms with E-state index in [1.807, 2.05) is 11.3 Å². The van der Waals surface area contributed by atoms with Crippen molar-refractivity contribution in [1.82, 2.24) is 0 Å². The third-order valence-corrected chi connectivity index (χ3v) is 11.3. The summed E-state index contributed by atoms with van der Waals surface area (Å²) in [6.07, 6.45) is 0. The first kappa shape index (κ1) is 28.0. The van der Waals surface area contributed by atoms with Crippen LogP contribution in [0, 0.1) is 0 Å². The van der Waals surface area contributed by atoms with Gasteiger partial charge in [-0.05, 0) is 96.0 Å². The second-order valence-electron chi connectivity index (χ2n) is 12.9. The Labute approximate surface area is 289 Å². The van der Waals surface area contributed by atoms with Gasteiger partial charge in [-0.3, -0.25) is 0 Å². The van der Waals surface area contributed by atoms with Crippen molar-refractivity contribution in [2.45, 2.75) is 0 Å². The topological polar surface area (TPSA) is 0 Å². The lowest BCUT2D eigenvalue weighted by Gasteiger charge is -2.13. The molecule has 0 radical (unpaired) electrons. The molecule has 0 N–H and O–H groups in total. The van der Waals surface area contributed by atoms with Crippen LogP contribution in [0.1, 0.15) is 0 Å². The Kier molecular flexibility index (Phi) is 6.47. The van der Waals surface area contributed by atoms with Gasteiger partial charge in [0, 0.05) is 31.3 Å². The standard InChI is InChI=1S/C48H30S/c1-4-14-31(15-5-1)35-27-42(33-18-8-3-9-19-33)47-45(29-35)46-30-36(32-16-6-2-7-17-32)28-43(48(46)49-47)34-24-25-41-39-22-11-10-20-37(39)38-21-12-13-23-40(38)44(41)26-34/h1-30H. The molecule has 0 saturated carbocycles. The summed E-state index contributed by atoms with van der Waals surface area (Å²) in [5, 5.41) is 10.4. The molecule has 10 aromatic rings. The Balaban J connectivity index is 1.32. The van der Waals surface area contributed by atoms with E-state index in [0.717, 1.165) is 0 Å². The molecule has 0 aliphatic carbocycles. The van der Waals surface area contributed by atoms with Gasteiger partial charge in [-0.25, -0.2) is 0 Å². The zero-order valence-electron chi connectivity index (χ0n) is 26.7. The van der Waals surface area contributed by atoms with Crippen LogP contribution in [0.5, 0.6) is 0 Å². The first-order valence-electron chi connectivity index (χ1n) is 16.8. The van der Waals surface area contributed by atoms with Gasteiger partial charge in [0.15, 0.2) is 0 Å². The van der Waals surface area contributed by atoms with E-state index in [2.05, 4.69) is 182 Å². The molecule has 0 bridgehead atoms. The molecule has 49 heavy (non-hydrogen) atoms. The molecule has 0 nitrogen and oxygen atoms in total. The van der Waals surface area contributed by atoms with E-state index in [0.29, 0.717) is 0 Å². The number of rotatable bonds is 4. The predicted molar refractivity (Wildman–Crippen MR) is 214 cm³/mol. The van der Waals surface area contributed by atoms with Crippen molar-refractivity contribution in [2.24, 2.45) is 0 Å². The number of thiophene rings is 1. The number of hydrogen-bond acceptors (Lipinski definition) is 1. The van der Waals surface area contributed by atoms with Crippen LogP contribution in [0.15, 0.2) is 182 Å². The van der Waals surface area contributed by atoms with Crippen molar-refractivity contribution >= 4 is 63.8 Å². The first-order valence-corrected chi connectivity index (χ1v) is 17.7. The smallest absolute Gasteiger partial charge is 0.0434 e. The summed E-state index contributed by atoms with van der Waals surface area (Å²) in [6.45, 7) is 0. The molecular weight excluding hydrogens is 609 g/mol. The van der Waals surface area contributed by atoms with Crippen molar-refractivity contribution in [1.29, 1.82) is 0 Å². The minimum atomic E-state index is 1.23. The zero-order valence-corrected chi connectivity index (χ0v) is 27.5. The SMILES string of the molecule is c1ccc(-c2cc(-c3ccccc3)c3sc4c(-c5ccc6c7ccccc7c7ccccc7c6c5)cc(-c5ccccc5)cc4c3c2)cc1. The molecule has 0 amide bonds. The van der Waals surface area contributed by atoms with Crippen LogP contribution >= 0.6 is 11.3 Å². The largest absolute Gasteiger partial charge is 0.134 e. The summed E-state index contributed by atoms with van der Waals surface area (Å²) in [5.41, 5.74) is 9.97. The van der Waals surface area contributed by atoms with Gasteiger partial charge >= 0.3 is 0 Å². The Morgan fingerprint density at radius 1 is 0.224 bits per heavy atom. The molecule has 1 heterocycles. The predicted octanol–water partition coefficient (Wildman–Crippen LogP) is 14.2. The number of fused-ring (bicyclic) bond motifs is 9. The van der Waals surface area contributed by atoms with Crippen molar-refractivity contribution in [3.8, 4) is 44.5 Å². The quantitative estimate of drug-likeness (QED) is 0.168. The molecule has 0 aliphatic heterocycles. The Bertz CT molecular complexity index is 2810. The van der Waals surface area contributed by atoms with Crippen LogP contribution in [-0.2, 0) is 0 Å². The molecule has 0 unspecified atom stereocenters. The third kappa shape index (κ3) is 4.58. The fourth-order valence-corrected chi connectivity index (χ4v) is 9.03. The lowest BCUT2D eigenvalue weighted by atomic mass is 9.90. The van der Waals surface area contributed by atoms with Crippen molar-refractivity contribution < 1.29 is 0 Å². The minimum Gasteiger partial charge on any atom is -0.134 e. The summed E-state index contributed by atoms with van der Waals surface area (Å²) >= 11 is 1.92. The highest BCUT2D eigenvalue weighted by molar-refractivity contribution is 7.27. The number of hydrogen-bond donors (Lipinski definition) is 0. The highest BCUT2D eigenvalue weighted by Gasteiger charge is 2.19. The minimum absolute atomic E-state index is 1.23. The van der Waals surface area contributed by atoms with Gasteiger partial charge in [0.1, 0.15) is 0 Å². The molecule has 9 aromatic carbocycles. The molecule has 0 saturated heterocycles. The molecule has 1 aromatic heterocycles. The van der Waals surface area contributed by atoms with Crippen LogP contribution in [0.4, 0.5) is 0 Å². The second kappa shape index (κ2) is 11.3. The highest BCUT2D eigenvalue weighted by atomic mass is 32.1. The summed E-state index contributed by atoms with van der Waals surface area (Å²) in [5.74, 6) is 0. The van der Waals surface area contributed by atoms with E-state index >= 15 is 0 Å². The van der Waals surface area contributed by atoms with E-state index in [9.17, 15) is 0 Å². The van der Waals surface area contributed by atoms with Crippen LogP contribution in [0.25, 0.3) is 97.0 Å². The third-order valence-electron chi connectivity index (χ3n) is 10.0. The maximum atomic E-state index is 2.44. The van der Waals surface area contributed by atoms with Gasteiger partial charge in [0.25, 0.3) is 0 Å². The molecule has 0 aliphatic rings. The van der Waals surface area contributed by atoms with Crippen molar-refractivity contribution in [2.75, 3.05) is 0 Å². The van der Waals surface area contributed by atoms with Crippen molar-refractivity contribution in [3.05, 3.63) is 182 Å².